The molecule has 7 heteroatoms. The van der Waals surface area contributed by atoms with Gasteiger partial charge >= 0.3 is 0 Å². The van der Waals surface area contributed by atoms with Crippen LogP contribution in [-0.4, -0.2) is 52.4 Å². The lowest BCUT2D eigenvalue weighted by Crippen LogP contribution is -2.46. The smallest absolute Gasteiger partial charge is 0.225 e. The van der Waals surface area contributed by atoms with Crippen LogP contribution in [-0.2, 0) is 9.59 Å². The summed E-state index contributed by atoms with van der Waals surface area (Å²) in [5.74, 6) is 0.0841. The summed E-state index contributed by atoms with van der Waals surface area (Å²) in [6.45, 7) is 2.11. The second-order valence-electron chi connectivity index (χ2n) is 5.62. The first-order valence-corrected chi connectivity index (χ1v) is 7.26. The van der Waals surface area contributed by atoms with Gasteiger partial charge < -0.3 is 15.5 Å². The fourth-order valence-corrected chi connectivity index (χ4v) is 3.11. The average molecular weight is 289 g/mol. The van der Waals surface area contributed by atoms with Crippen molar-refractivity contribution in [2.45, 2.75) is 25.3 Å². The predicted octanol–water partition coefficient (Wildman–Crippen LogP) is -0.221. The van der Waals surface area contributed by atoms with Gasteiger partial charge in [0, 0.05) is 44.5 Å². The first-order valence-electron chi connectivity index (χ1n) is 7.26. The lowest BCUT2D eigenvalue weighted by atomic mass is 10.0. The fourth-order valence-electron chi connectivity index (χ4n) is 3.11. The molecule has 2 amide bonds. The molecule has 0 spiro atoms. The highest BCUT2D eigenvalue weighted by atomic mass is 16.2. The lowest BCUT2D eigenvalue weighted by molar-refractivity contribution is -0.130. The van der Waals surface area contributed by atoms with Gasteiger partial charge in [0.25, 0.3) is 0 Å². The predicted molar refractivity (Wildman–Crippen MR) is 76.3 cm³/mol. The van der Waals surface area contributed by atoms with Crippen molar-refractivity contribution in [3.8, 4) is 0 Å². The van der Waals surface area contributed by atoms with Crippen LogP contribution in [0.5, 0.6) is 0 Å². The zero-order chi connectivity index (χ0) is 14.8. The number of hydrogen-bond donors (Lipinski definition) is 1. The minimum absolute atomic E-state index is 0.0493. The zero-order valence-electron chi connectivity index (χ0n) is 11.8. The Morgan fingerprint density at radius 2 is 1.90 bits per heavy atom. The Morgan fingerprint density at radius 1 is 1.24 bits per heavy atom. The lowest BCUT2D eigenvalue weighted by Gasteiger charge is -2.36. The number of carbonyl (C=O) groups excluding carboxylic acids is 2. The number of primary amides is 1. The van der Waals surface area contributed by atoms with E-state index in [4.69, 9.17) is 5.73 Å². The number of rotatable bonds is 3. The van der Waals surface area contributed by atoms with Crippen molar-refractivity contribution in [3.05, 3.63) is 18.5 Å². The van der Waals surface area contributed by atoms with E-state index < -0.39 is 0 Å². The molecule has 1 unspecified atom stereocenters. The molecule has 3 heterocycles. The minimum Gasteiger partial charge on any atom is -0.369 e. The van der Waals surface area contributed by atoms with Gasteiger partial charge in [-0.3, -0.25) is 9.59 Å². The Bertz CT molecular complexity index is 527. The molecule has 2 aliphatic heterocycles. The summed E-state index contributed by atoms with van der Waals surface area (Å²) in [4.78, 5) is 35.7. The molecule has 0 aromatic carbocycles. The second kappa shape index (κ2) is 5.67. The van der Waals surface area contributed by atoms with Gasteiger partial charge in [0.05, 0.1) is 5.92 Å². The highest BCUT2D eigenvalue weighted by Gasteiger charge is 2.38. The van der Waals surface area contributed by atoms with Crippen molar-refractivity contribution in [2.75, 3.05) is 24.5 Å². The fraction of sp³-hybridized carbons (Fsp3) is 0.571. The number of nitrogens with two attached hydrogens (primary N) is 1. The van der Waals surface area contributed by atoms with E-state index in [9.17, 15) is 9.59 Å². The quantitative estimate of drug-likeness (QED) is 0.830. The van der Waals surface area contributed by atoms with Gasteiger partial charge in [0.2, 0.25) is 17.8 Å². The van der Waals surface area contributed by atoms with E-state index in [0.717, 1.165) is 31.9 Å². The maximum absolute atomic E-state index is 12.0. The first kappa shape index (κ1) is 13.8. The van der Waals surface area contributed by atoms with Gasteiger partial charge in [-0.15, -0.1) is 0 Å². The first-order chi connectivity index (χ1) is 10.1. The molecule has 2 fully saturated rings. The van der Waals surface area contributed by atoms with Crippen LogP contribution in [0.15, 0.2) is 18.5 Å². The van der Waals surface area contributed by atoms with Crippen LogP contribution in [0.1, 0.15) is 19.3 Å². The zero-order valence-corrected chi connectivity index (χ0v) is 11.8. The SMILES string of the molecule is NC(=O)C1CC(=O)N(C2CCN(c3ncccn3)CC2)C1. The van der Waals surface area contributed by atoms with Crippen LogP contribution in [0.2, 0.25) is 0 Å². The largest absolute Gasteiger partial charge is 0.369 e. The molecule has 21 heavy (non-hydrogen) atoms. The summed E-state index contributed by atoms with van der Waals surface area (Å²) in [5.41, 5.74) is 5.31. The summed E-state index contributed by atoms with van der Waals surface area (Å²) >= 11 is 0. The van der Waals surface area contributed by atoms with Crippen molar-refractivity contribution in [3.63, 3.8) is 0 Å². The van der Waals surface area contributed by atoms with E-state index in [1.165, 1.54) is 0 Å². The number of carbonyl (C=O) groups is 2. The molecular weight excluding hydrogens is 270 g/mol. The maximum atomic E-state index is 12.0. The van der Waals surface area contributed by atoms with Crippen LogP contribution in [0, 0.1) is 5.92 Å². The van der Waals surface area contributed by atoms with Crippen LogP contribution in [0.3, 0.4) is 0 Å². The Kier molecular flexibility index (Phi) is 3.72. The molecule has 2 N–H and O–H groups in total. The molecule has 0 bridgehead atoms. The number of piperidine rings is 1. The van der Waals surface area contributed by atoms with Crippen LogP contribution in [0.4, 0.5) is 5.95 Å². The monoisotopic (exact) mass is 289 g/mol. The standard InChI is InChI=1S/C14H19N5O2/c15-13(21)10-8-12(20)19(9-10)11-2-6-18(7-3-11)14-16-4-1-5-17-14/h1,4-5,10-11H,2-3,6-9H2,(H2,15,21). The van der Waals surface area contributed by atoms with Gasteiger partial charge in [-0.25, -0.2) is 9.97 Å². The molecule has 3 rings (SSSR count). The van der Waals surface area contributed by atoms with E-state index in [-0.39, 0.29) is 30.2 Å². The molecule has 2 saturated heterocycles. The third-order valence-electron chi connectivity index (χ3n) is 4.30. The normalized spacial score (nSPS) is 23.6. The molecular formula is C14H19N5O2. The summed E-state index contributed by atoms with van der Waals surface area (Å²) in [7, 11) is 0. The maximum Gasteiger partial charge on any atom is 0.225 e. The number of anilines is 1. The summed E-state index contributed by atoms with van der Waals surface area (Å²) in [6, 6.07) is 1.99. The minimum atomic E-state index is -0.374. The molecule has 1 aromatic rings. The summed E-state index contributed by atoms with van der Waals surface area (Å²) < 4.78 is 0. The van der Waals surface area contributed by atoms with Crippen molar-refractivity contribution in [1.82, 2.24) is 14.9 Å². The van der Waals surface area contributed by atoms with Gasteiger partial charge in [-0.1, -0.05) is 0 Å². The average Bonchev–Trinajstić information content (AvgIpc) is 2.91. The third kappa shape index (κ3) is 2.81. The van der Waals surface area contributed by atoms with E-state index in [0.29, 0.717) is 6.54 Å². The molecule has 0 radical (unpaired) electrons. The van der Waals surface area contributed by atoms with Crippen LogP contribution in [0.25, 0.3) is 0 Å². The van der Waals surface area contributed by atoms with Crippen LogP contribution < -0.4 is 10.6 Å². The third-order valence-corrected chi connectivity index (χ3v) is 4.30. The highest BCUT2D eigenvalue weighted by molar-refractivity contribution is 5.88. The van der Waals surface area contributed by atoms with Gasteiger partial charge in [0.1, 0.15) is 0 Å². The summed E-state index contributed by atoms with van der Waals surface area (Å²) in [6.07, 6.45) is 5.47. The van der Waals surface area contributed by atoms with Crippen LogP contribution >= 0.6 is 0 Å². The molecule has 2 aliphatic rings. The number of aromatic nitrogens is 2. The number of hydrogen-bond acceptors (Lipinski definition) is 5. The van der Waals surface area contributed by atoms with Crippen molar-refractivity contribution < 1.29 is 9.59 Å². The highest BCUT2D eigenvalue weighted by Crippen LogP contribution is 2.26. The topological polar surface area (TPSA) is 92.4 Å². The van der Waals surface area contributed by atoms with Crippen molar-refractivity contribution in [2.24, 2.45) is 11.7 Å². The van der Waals surface area contributed by atoms with E-state index >= 15 is 0 Å². The molecule has 1 atom stereocenters. The van der Waals surface area contributed by atoms with Gasteiger partial charge in [0.15, 0.2) is 0 Å². The van der Waals surface area contributed by atoms with E-state index in [1.807, 2.05) is 4.90 Å². The Hall–Kier alpha value is -2.18. The van der Waals surface area contributed by atoms with Gasteiger partial charge in [-0.2, -0.15) is 0 Å². The molecule has 1 aromatic heterocycles. The second-order valence-corrected chi connectivity index (χ2v) is 5.62. The molecule has 0 aliphatic carbocycles. The molecule has 0 saturated carbocycles. The van der Waals surface area contributed by atoms with E-state index in [1.54, 1.807) is 18.5 Å². The molecule has 7 nitrogen and oxygen atoms in total. The Balaban J connectivity index is 1.59. The number of likely N-dealkylation sites (tertiary alicyclic amines) is 1. The summed E-state index contributed by atoms with van der Waals surface area (Å²) in [5, 5.41) is 0. The molecule has 112 valence electrons. The van der Waals surface area contributed by atoms with Gasteiger partial charge in [-0.05, 0) is 18.9 Å². The van der Waals surface area contributed by atoms with Crippen molar-refractivity contribution >= 4 is 17.8 Å². The number of nitrogens with zero attached hydrogens (tertiary/aromatic N) is 4. The number of amides is 2. The Labute approximate surface area is 123 Å². The van der Waals surface area contributed by atoms with Crippen molar-refractivity contribution in [1.29, 1.82) is 0 Å². The Morgan fingerprint density at radius 3 is 2.48 bits per heavy atom. The van der Waals surface area contributed by atoms with E-state index in [2.05, 4.69) is 14.9 Å².